The SMILES string of the molecule is COc1cc(CNC(=O)c2ccc3nc(CCc4ccccc4)oc3c2)cc(OC)c1OC. The number of hydrogen-bond donors (Lipinski definition) is 1. The maximum Gasteiger partial charge on any atom is 0.251 e. The molecule has 0 aliphatic heterocycles. The largest absolute Gasteiger partial charge is 0.493 e. The highest BCUT2D eigenvalue weighted by atomic mass is 16.5. The van der Waals surface area contributed by atoms with Crippen LogP contribution in [-0.4, -0.2) is 32.2 Å². The summed E-state index contributed by atoms with van der Waals surface area (Å²) in [6.45, 7) is 0.298. The van der Waals surface area contributed by atoms with E-state index in [0.717, 1.165) is 17.5 Å². The lowest BCUT2D eigenvalue weighted by Gasteiger charge is -2.14. The van der Waals surface area contributed by atoms with E-state index in [1.54, 1.807) is 51.7 Å². The van der Waals surface area contributed by atoms with Gasteiger partial charge in [-0.25, -0.2) is 4.98 Å². The van der Waals surface area contributed by atoms with Gasteiger partial charge in [-0.15, -0.1) is 0 Å². The van der Waals surface area contributed by atoms with Crippen molar-refractivity contribution in [2.75, 3.05) is 21.3 Å². The summed E-state index contributed by atoms with van der Waals surface area (Å²) in [4.78, 5) is 17.3. The van der Waals surface area contributed by atoms with E-state index in [1.165, 1.54) is 5.56 Å². The van der Waals surface area contributed by atoms with Gasteiger partial charge in [-0.1, -0.05) is 30.3 Å². The molecule has 0 unspecified atom stereocenters. The van der Waals surface area contributed by atoms with Crippen molar-refractivity contribution < 1.29 is 23.4 Å². The second-order valence-electron chi connectivity index (χ2n) is 7.49. The van der Waals surface area contributed by atoms with Crippen molar-refractivity contribution in [1.82, 2.24) is 10.3 Å². The minimum absolute atomic E-state index is 0.215. The minimum atomic E-state index is -0.215. The highest BCUT2D eigenvalue weighted by Gasteiger charge is 2.15. The number of rotatable bonds is 9. The Labute approximate surface area is 192 Å². The number of nitrogens with zero attached hydrogens (tertiary/aromatic N) is 1. The first-order chi connectivity index (χ1) is 16.1. The molecule has 4 rings (SSSR count). The van der Waals surface area contributed by atoms with Crippen molar-refractivity contribution in [2.45, 2.75) is 19.4 Å². The number of amides is 1. The summed E-state index contributed by atoms with van der Waals surface area (Å²) >= 11 is 0. The fourth-order valence-electron chi connectivity index (χ4n) is 3.64. The molecule has 0 radical (unpaired) electrons. The van der Waals surface area contributed by atoms with E-state index >= 15 is 0 Å². The van der Waals surface area contributed by atoms with Gasteiger partial charge in [0.2, 0.25) is 5.75 Å². The zero-order valence-corrected chi connectivity index (χ0v) is 18.9. The van der Waals surface area contributed by atoms with Crippen LogP contribution in [0, 0.1) is 0 Å². The van der Waals surface area contributed by atoms with Crippen LogP contribution in [0.5, 0.6) is 17.2 Å². The number of hydrogen-bond acceptors (Lipinski definition) is 6. The van der Waals surface area contributed by atoms with Crippen molar-refractivity contribution in [3.8, 4) is 17.2 Å². The summed E-state index contributed by atoms with van der Waals surface area (Å²) in [6.07, 6.45) is 1.54. The highest BCUT2D eigenvalue weighted by Crippen LogP contribution is 2.38. The van der Waals surface area contributed by atoms with Gasteiger partial charge in [0.1, 0.15) is 5.52 Å². The topological polar surface area (TPSA) is 82.8 Å². The number of carbonyl (C=O) groups excluding carboxylic acids is 1. The Bertz CT molecular complexity index is 1230. The number of ether oxygens (including phenoxy) is 3. The fraction of sp³-hybridized carbons (Fsp3) is 0.231. The predicted octanol–water partition coefficient (Wildman–Crippen LogP) is 4.57. The third kappa shape index (κ3) is 5.09. The Morgan fingerprint density at radius 2 is 1.61 bits per heavy atom. The van der Waals surface area contributed by atoms with Crippen LogP contribution in [0.15, 0.2) is 65.1 Å². The number of oxazole rings is 1. The molecule has 1 aromatic heterocycles. The molecule has 170 valence electrons. The zero-order valence-electron chi connectivity index (χ0n) is 18.9. The zero-order chi connectivity index (χ0) is 23.2. The Hall–Kier alpha value is -4.00. The molecule has 1 heterocycles. The third-order valence-corrected chi connectivity index (χ3v) is 5.34. The Morgan fingerprint density at radius 1 is 0.879 bits per heavy atom. The first-order valence-electron chi connectivity index (χ1n) is 10.6. The molecule has 33 heavy (non-hydrogen) atoms. The first kappa shape index (κ1) is 22.2. The summed E-state index contributed by atoms with van der Waals surface area (Å²) in [5.41, 5.74) is 3.88. The molecule has 0 bridgehead atoms. The van der Waals surface area contributed by atoms with Gasteiger partial charge in [-0.2, -0.15) is 0 Å². The molecule has 0 atom stereocenters. The van der Waals surface area contributed by atoms with Gasteiger partial charge in [-0.3, -0.25) is 4.79 Å². The predicted molar refractivity (Wildman–Crippen MR) is 125 cm³/mol. The van der Waals surface area contributed by atoms with E-state index < -0.39 is 0 Å². The van der Waals surface area contributed by atoms with Crippen LogP contribution in [0.25, 0.3) is 11.1 Å². The van der Waals surface area contributed by atoms with Crippen molar-refractivity contribution in [1.29, 1.82) is 0 Å². The number of methoxy groups -OCH3 is 3. The van der Waals surface area contributed by atoms with E-state index in [4.69, 9.17) is 18.6 Å². The van der Waals surface area contributed by atoms with E-state index in [2.05, 4.69) is 22.4 Å². The summed E-state index contributed by atoms with van der Waals surface area (Å²) in [5, 5.41) is 2.92. The van der Waals surface area contributed by atoms with Crippen LogP contribution in [0.4, 0.5) is 0 Å². The van der Waals surface area contributed by atoms with Gasteiger partial charge in [-0.05, 0) is 47.9 Å². The Kier molecular flexibility index (Phi) is 6.78. The second kappa shape index (κ2) is 10.1. The summed E-state index contributed by atoms with van der Waals surface area (Å²) in [6, 6.07) is 19.1. The molecule has 0 spiro atoms. The van der Waals surface area contributed by atoms with Crippen molar-refractivity contribution in [3.63, 3.8) is 0 Å². The van der Waals surface area contributed by atoms with Crippen LogP contribution in [-0.2, 0) is 19.4 Å². The molecule has 0 fully saturated rings. The van der Waals surface area contributed by atoms with Gasteiger partial charge in [0.15, 0.2) is 23.0 Å². The summed E-state index contributed by atoms with van der Waals surface area (Å²) in [5.74, 6) is 2.02. The van der Waals surface area contributed by atoms with E-state index in [0.29, 0.717) is 47.3 Å². The molecule has 1 amide bonds. The van der Waals surface area contributed by atoms with Gasteiger partial charge in [0.05, 0.1) is 21.3 Å². The van der Waals surface area contributed by atoms with E-state index in [1.807, 2.05) is 18.2 Å². The lowest BCUT2D eigenvalue weighted by atomic mass is 10.1. The Morgan fingerprint density at radius 3 is 2.27 bits per heavy atom. The molecule has 0 saturated carbocycles. The van der Waals surface area contributed by atoms with Crippen molar-refractivity contribution in [3.05, 3.63) is 83.2 Å². The fourth-order valence-corrected chi connectivity index (χ4v) is 3.64. The summed E-state index contributed by atoms with van der Waals surface area (Å²) in [7, 11) is 4.66. The van der Waals surface area contributed by atoms with Crippen LogP contribution >= 0.6 is 0 Å². The summed E-state index contributed by atoms with van der Waals surface area (Å²) < 4.78 is 22.0. The number of benzene rings is 3. The highest BCUT2D eigenvalue weighted by molar-refractivity contribution is 5.97. The molecule has 0 aliphatic rings. The third-order valence-electron chi connectivity index (χ3n) is 5.34. The molecular formula is C26H26N2O5. The number of fused-ring (bicyclic) bond motifs is 1. The van der Waals surface area contributed by atoms with Gasteiger partial charge < -0.3 is 23.9 Å². The van der Waals surface area contributed by atoms with Crippen LogP contribution < -0.4 is 19.5 Å². The second-order valence-corrected chi connectivity index (χ2v) is 7.49. The number of aromatic nitrogens is 1. The van der Waals surface area contributed by atoms with Crippen molar-refractivity contribution >= 4 is 17.0 Å². The molecule has 0 saturated heterocycles. The van der Waals surface area contributed by atoms with Gasteiger partial charge in [0, 0.05) is 18.5 Å². The molecule has 7 nitrogen and oxygen atoms in total. The Balaban J connectivity index is 1.44. The van der Waals surface area contributed by atoms with Gasteiger partial charge >= 0.3 is 0 Å². The maximum atomic E-state index is 12.8. The number of carbonyl (C=O) groups is 1. The van der Waals surface area contributed by atoms with Gasteiger partial charge in [0.25, 0.3) is 5.91 Å². The van der Waals surface area contributed by atoms with Crippen LogP contribution in [0.3, 0.4) is 0 Å². The normalized spacial score (nSPS) is 10.8. The number of nitrogens with one attached hydrogen (secondary N) is 1. The van der Waals surface area contributed by atoms with E-state index in [9.17, 15) is 4.79 Å². The smallest absolute Gasteiger partial charge is 0.251 e. The monoisotopic (exact) mass is 446 g/mol. The molecular weight excluding hydrogens is 420 g/mol. The van der Waals surface area contributed by atoms with Crippen LogP contribution in [0.1, 0.15) is 27.4 Å². The molecule has 7 heteroatoms. The molecule has 0 aliphatic carbocycles. The lowest BCUT2D eigenvalue weighted by Crippen LogP contribution is -2.22. The molecule has 3 aromatic carbocycles. The quantitative estimate of drug-likeness (QED) is 0.406. The van der Waals surface area contributed by atoms with E-state index in [-0.39, 0.29) is 5.91 Å². The van der Waals surface area contributed by atoms with Crippen LogP contribution in [0.2, 0.25) is 0 Å². The standard InChI is InChI=1S/C26H26N2O5/c1-30-22-13-18(14-23(31-2)25(22)32-3)16-27-26(29)19-10-11-20-21(15-19)33-24(28-20)12-9-17-7-5-4-6-8-17/h4-8,10-11,13-15H,9,12,16H2,1-3H3,(H,27,29). The average molecular weight is 447 g/mol. The average Bonchev–Trinajstić information content (AvgIpc) is 3.28. The van der Waals surface area contributed by atoms with Crippen molar-refractivity contribution in [2.24, 2.45) is 0 Å². The minimum Gasteiger partial charge on any atom is -0.493 e. The molecule has 4 aromatic rings. The molecule has 1 N–H and O–H groups in total. The number of aryl methyl sites for hydroxylation is 2. The lowest BCUT2D eigenvalue weighted by molar-refractivity contribution is 0.0951. The first-order valence-corrected chi connectivity index (χ1v) is 10.6. The maximum absolute atomic E-state index is 12.8.